The Bertz CT molecular complexity index is 555. The summed E-state index contributed by atoms with van der Waals surface area (Å²) in [5, 5.41) is 0. The maximum atomic E-state index is 12.2. The second-order valence-electron chi connectivity index (χ2n) is 4.83. The molecule has 6 heteroatoms. The Balaban J connectivity index is 2.94. The van der Waals surface area contributed by atoms with Crippen LogP contribution in [0.4, 0.5) is 0 Å². The Morgan fingerprint density at radius 2 is 2.05 bits per heavy atom. The first-order chi connectivity index (χ1) is 8.75. The molecule has 1 atom stereocenters. The van der Waals surface area contributed by atoms with Gasteiger partial charge < -0.3 is 10.6 Å². The lowest BCUT2D eigenvalue weighted by atomic mass is 10.1. The van der Waals surface area contributed by atoms with Crippen molar-refractivity contribution in [1.29, 1.82) is 0 Å². The molecule has 5 nitrogen and oxygen atoms in total. The molecule has 0 aliphatic carbocycles. The molecule has 1 aromatic rings. The van der Waals surface area contributed by atoms with Crippen molar-refractivity contribution in [2.45, 2.75) is 11.8 Å². The third kappa shape index (κ3) is 4.33. The van der Waals surface area contributed by atoms with E-state index in [0.717, 1.165) is 6.26 Å². The van der Waals surface area contributed by atoms with Crippen molar-refractivity contribution >= 4 is 15.7 Å². The summed E-state index contributed by atoms with van der Waals surface area (Å²) in [6.45, 7) is 3.00. The molecule has 0 bridgehead atoms. The monoisotopic (exact) mass is 284 g/mol. The summed E-state index contributed by atoms with van der Waals surface area (Å²) in [5.74, 6) is -0.00200. The van der Waals surface area contributed by atoms with Gasteiger partial charge in [0.05, 0.1) is 4.90 Å². The van der Waals surface area contributed by atoms with E-state index in [0.29, 0.717) is 18.7 Å². The van der Waals surface area contributed by atoms with Crippen LogP contribution < -0.4 is 5.73 Å². The molecule has 1 unspecified atom stereocenters. The molecule has 0 saturated heterocycles. The van der Waals surface area contributed by atoms with Crippen LogP contribution in [0.2, 0.25) is 0 Å². The summed E-state index contributed by atoms with van der Waals surface area (Å²) in [5.41, 5.74) is 5.89. The Hall–Kier alpha value is -1.40. The molecule has 0 fully saturated rings. The Labute approximate surface area is 114 Å². The minimum Gasteiger partial charge on any atom is -0.341 e. The molecule has 0 aromatic heterocycles. The maximum Gasteiger partial charge on any atom is 0.253 e. The third-order valence-electron chi connectivity index (χ3n) is 2.84. The zero-order valence-corrected chi connectivity index (χ0v) is 12.3. The van der Waals surface area contributed by atoms with E-state index in [4.69, 9.17) is 5.73 Å². The SMILES string of the molecule is CC(CN)CN(C)C(=O)c1cccc(S(C)(=O)=O)c1. The molecule has 0 aliphatic rings. The van der Waals surface area contributed by atoms with Gasteiger partial charge in [-0.1, -0.05) is 13.0 Å². The van der Waals surface area contributed by atoms with E-state index in [2.05, 4.69) is 0 Å². The van der Waals surface area contributed by atoms with Crippen molar-refractivity contribution in [3.8, 4) is 0 Å². The molecule has 0 heterocycles. The molecule has 1 rings (SSSR count). The average molecular weight is 284 g/mol. The van der Waals surface area contributed by atoms with Gasteiger partial charge >= 0.3 is 0 Å². The molecule has 0 aliphatic heterocycles. The van der Waals surface area contributed by atoms with Crippen molar-refractivity contribution in [3.05, 3.63) is 29.8 Å². The van der Waals surface area contributed by atoms with E-state index < -0.39 is 9.84 Å². The van der Waals surface area contributed by atoms with E-state index in [9.17, 15) is 13.2 Å². The minimum absolute atomic E-state index is 0.152. The summed E-state index contributed by atoms with van der Waals surface area (Å²) in [6, 6.07) is 6.07. The van der Waals surface area contributed by atoms with Crippen LogP contribution in [-0.2, 0) is 9.84 Å². The predicted molar refractivity (Wildman–Crippen MR) is 74.7 cm³/mol. The van der Waals surface area contributed by atoms with E-state index in [-0.39, 0.29) is 16.7 Å². The van der Waals surface area contributed by atoms with Gasteiger partial charge in [-0.05, 0) is 30.7 Å². The first kappa shape index (κ1) is 15.7. The number of carbonyl (C=O) groups excluding carboxylic acids is 1. The number of amides is 1. The fourth-order valence-corrected chi connectivity index (χ4v) is 2.37. The Kier molecular flexibility index (Phi) is 5.08. The van der Waals surface area contributed by atoms with Crippen molar-refractivity contribution in [3.63, 3.8) is 0 Å². The van der Waals surface area contributed by atoms with Gasteiger partial charge in [0, 0.05) is 25.4 Å². The molecular formula is C13H20N2O3S. The highest BCUT2D eigenvalue weighted by Gasteiger charge is 2.16. The highest BCUT2D eigenvalue weighted by Crippen LogP contribution is 2.13. The standard InChI is InChI=1S/C13H20N2O3S/c1-10(8-14)9-15(2)13(16)11-5-4-6-12(7-11)19(3,17)18/h4-7,10H,8-9,14H2,1-3H3. The largest absolute Gasteiger partial charge is 0.341 e. The molecule has 1 aromatic carbocycles. The topological polar surface area (TPSA) is 80.5 Å². The number of hydrogen-bond donors (Lipinski definition) is 1. The summed E-state index contributed by atoms with van der Waals surface area (Å²) in [7, 11) is -1.62. The first-order valence-corrected chi connectivity index (χ1v) is 7.90. The summed E-state index contributed by atoms with van der Waals surface area (Å²) < 4.78 is 22.9. The van der Waals surface area contributed by atoms with Gasteiger partial charge in [0.25, 0.3) is 5.91 Å². The summed E-state index contributed by atoms with van der Waals surface area (Å²) >= 11 is 0. The second-order valence-corrected chi connectivity index (χ2v) is 6.84. The van der Waals surface area contributed by atoms with Crippen molar-refractivity contribution in [1.82, 2.24) is 4.90 Å². The van der Waals surface area contributed by atoms with Crippen LogP contribution >= 0.6 is 0 Å². The van der Waals surface area contributed by atoms with E-state index in [1.165, 1.54) is 12.1 Å². The average Bonchev–Trinajstić information content (AvgIpc) is 2.36. The number of benzene rings is 1. The zero-order chi connectivity index (χ0) is 14.6. The molecule has 0 spiro atoms. The van der Waals surface area contributed by atoms with Gasteiger partial charge in [0.15, 0.2) is 9.84 Å². The minimum atomic E-state index is -3.30. The zero-order valence-electron chi connectivity index (χ0n) is 11.5. The molecule has 2 N–H and O–H groups in total. The fraction of sp³-hybridized carbons (Fsp3) is 0.462. The lowest BCUT2D eigenvalue weighted by Crippen LogP contribution is -2.33. The molecule has 0 saturated carbocycles. The van der Waals surface area contributed by atoms with Gasteiger partial charge in [-0.2, -0.15) is 0 Å². The number of nitrogens with two attached hydrogens (primary N) is 1. The molecule has 19 heavy (non-hydrogen) atoms. The maximum absolute atomic E-state index is 12.2. The van der Waals surface area contributed by atoms with Gasteiger partial charge in [0.2, 0.25) is 0 Å². The third-order valence-corrected chi connectivity index (χ3v) is 3.95. The number of sulfone groups is 1. The van der Waals surface area contributed by atoms with Crippen LogP contribution in [0, 0.1) is 5.92 Å². The van der Waals surface area contributed by atoms with Crippen molar-refractivity contribution in [2.75, 3.05) is 26.4 Å². The number of hydrogen-bond acceptors (Lipinski definition) is 4. The van der Waals surface area contributed by atoms with Gasteiger partial charge in [-0.25, -0.2) is 8.42 Å². The predicted octanol–water partition coefficient (Wildman–Crippen LogP) is 0.757. The van der Waals surface area contributed by atoms with Gasteiger partial charge in [0.1, 0.15) is 0 Å². The van der Waals surface area contributed by atoms with E-state index >= 15 is 0 Å². The quantitative estimate of drug-likeness (QED) is 0.865. The molecule has 0 radical (unpaired) electrons. The smallest absolute Gasteiger partial charge is 0.253 e. The van der Waals surface area contributed by atoms with E-state index in [1.807, 2.05) is 6.92 Å². The van der Waals surface area contributed by atoms with E-state index in [1.54, 1.807) is 24.1 Å². The van der Waals surface area contributed by atoms with Crippen molar-refractivity contribution < 1.29 is 13.2 Å². The van der Waals surface area contributed by atoms with Crippen LogP contribution in [0.3, 0.4) is 0 Å². The highest BCUT2D eigenvalue weighted by atomic mass is 32.2. The molecular weight excluding hydrogens is 264 g/mol. The Morgan fingerprint density at radius 1 is 1.42 bits per heavy atom. The van der Waals surface area contributed by atoms with Crippen LogP contribution in [-0.4, -0.2) is 45.6 Å². The molecule has 1 amide bonds. The number of carbonyl (C=O) groups is 1. The van der Waals surface area contributed by atoms with Crippen LogP contribution in [0.15, 0.2) is 29.2 Å². The lowest BCUT2D eigenvalue weighted by molar-refractivity contribution is 0.0777. The first-order valence-electron chi connectivity index (χ1n) is 6.01. The van der Waals surface area contributed by atoms with Gasteiger partial charge in [-0.15, -0.1) is 0 Å². The van der Waals surface area contributed by atoms with Crippen LogP contribution in [0.25, 0.3) is 0 Å². The highest BCUT2D eigenvalue weighted by molar-refractivity contribution is 7.90. The number of rotatable bonds is 5. The second kappa shape index (κ2) is 6.16. The van der Waals surface area contributed by atoms with Gasteiger partial charge in [-0.3, -0.25) is 4.79 Å². The normalized spacial score (nSPS) is 13.1. The van der Waals surface area contributed by atoms with Crippen molar-refractivity contribution in [2.24, 2.45) is 11.7 Å². The molecule has 106 valence electrons. The van der Waals surface area contributed by atoms with Crippen LogP contribution in [0.1, 0.15) is 17.3 Å². The fourth-order valence-electron chi connectivity index (χ4n) is 1.71. The number of nitrogens with zero attached hydrogens (tertiary/aromatic N) is 1. The Morgan fingerprint density at radius 3 is 2.58 bits per heavy atom. The summed E-state index contributed by atoms with van der Waals surface area (Å²) in [4.78, 5) is 13.9. The van der Waals surface area contributed by atoms with Crippen LogP contribution in [0.5, 0.6) is 0 Å². The summed E-state index contributed by atoms with van der Waals surface area (Å²) in [6.07, 6.45) is 1.12. The lowest BCUT2D eigenvalue weighted by Gasteiger charge is -2.20.